The maximum Gasteiger partial charge on any atom is 0.329 e. The van der Waals surface area contributed by atoms with Crippen molar-refractivity contribution in [3.05, 3.63) is 5.73 Å². The Balaban J connectivity index is 0.00000200. The molecular formula is C11H16N3O3S2U-. The maximum absolute atomic E-state index is 11.6. The number of amides is 1. The van der Waals surface area contributed by atoms with Crippen LogP contribution in [0, 0.1) is 31.1 Å². The fourth-order valence-corrected chi connectivity index (χ4v) is 4.27. The minimum absolute atomic E-state index is 0. The number of aliphatic carboxylic acids is 1. The van der Waals surface area contributed by atoms with Crippen LogP contribution in [0.1, 0.15) is 12.8 Å². The van der Waals surface area contributed by atoms with Gasteiger partial charge in [-0.2, -0.15) is 0 Å². The summed E-state index contributed by atoms with van der Waals surface area (Å²) in [4.78, 5) is 28.3. The van der Waals surface area contributed by atoms with Crippen LogP contribution in [-0.4, -0.2) is 62.9 Å². The largest absolute Gasteiger partial charge is 0.676 e. The summed E-state index contributed by atoms with van der Waals surface area (Å²) >= 11 is 2.96. The van der Waals surface area contributed by atoms with Crippen LogP contribution in [0.2, 0.25) is 0 Å². The van der Waals surface area contributed by atoms with Gasteiger partial charge in [0.25, 0.3) is 0 Å². The van der Waals surface area contributed by atoms with Crippen molar-refractivity contribution in [1.29, 1.82) is 0 Å². The van der Waals surface area contributed by atoms with Crippen LogP contribution in [0.15, 0.2) is 4.99 Å². The fraction of sp³-hybridized carbons (Fsp3) is 0.727. The first-order chi connectivity index (χ1) is 9.11. The van der Waals surface area contributed by atoms with Crippen LogP contribution < -0.4 is 0 Å². The molecule has 0 aromatic rings. The van der Waals surface area contributed by atoms with Gasteiger partial charge in [0.1, 0.15) is 4.38 Å². The van der Waals surface area contributed by atoms with Crippen molar-refractivity contribution in [1.82, 2.24) is 4.90 Å². The summed E-state index contributed by atoms with van der Waals surface area (Å²) in [5, 5.41) is 8.83. The van der Waals surface area contributed by atoms with E-state index in [-0.39, 0.29) is 49.6 Å². The zero-order valence-electron chi connectivity index (χ0n) is 10.9. The van der Waals surface area contributed by atoms with Gasteiger partial charge in [0.2, 0.25) is 5.91 Å². The number of carboxylic acids is 1. The Kier molecular flexibility index (Phi) is 7.98. The van der Waals surface area contributed by atoms with Gasteiger partial charge in [-0.15, -0.1) is 6.54 Å². The maximum atomic E-state index is 11.6. The van der Waals surface area contributed by atoms with Gasteiger partial charge < -0.3 is 15.7 Å². The van der Waals surface area contributed by atoms with E-state index >= 15 is 0 Å². The van der Waals surface area contributed by atoms with Crippen LogP contribution in [0.3, 0.4) is 0 Å². The van der Waals surface area contributed by atoms with Crippen molar-refractivity contribution in [3.63, 3.8) is 0 Å². The molecule has 6 nitrogen and oxygen atoms in total. The van der Waals surface area contributed by atoms with Gasteiger partial charge in [-0.05, 0) is 6.42 Å². The van der Waals surface area contributed by atoms with Crippen molar-refractivity contribution >= 4 is 39.8 Å². The first kappa shape index (κ1) is 18.4. The van der Waals surface area contributed by atoms with Gasteiger partial charge in [-0.25, -0.2) is 4.79 Å². The molecule has 0 bridgehead atoms. The summed E-state index contributed by atoms with van der Waals surface area (Å²) in [5.74, 6) is 0.449. The molecule has 9 heteroatoms. The predicted molar refractivity (Wildman–Crippen MR) is 77.7 cm³/mol. The summed E-state index contributed by atoms with van der Waals surface area (Å²) < 4.78 is 0.793. The molecular weight excluding hydrogens is 524 g/mol. The molecule has 110 valence electrons. The quantitative estimate of drug-likeness (QED) is 0.568. The van der Waals surface area contributed by atoms with Gasteiger partial charge in [-0.1, -0.05) is 23.5 Å². The number of carboxylic acid groups (broad SMARTS) is 1. The molecule has 2 aliphatic heterocycles. The van der Waals surface area contributed by atoms with E-state index in [0.717, 1.165) is 10.8 Å². The molecule has 2 N–H and O–H groups in total. The van der Waals surface area contributed by atoms with E-state index in [1.807, 2.05) is 0 Å². The monoisotopic (exact) mass is 540 g/mol. The third kappa shape index (κ3) is 4.67. The number of carbonyl (C=O) groups excluding carboxylic acids is 1. The molecule has 1 fully saturated rings. The Labute approximate surface area is 150 Å². The van der Waals surface area contributed by atoms with E-state index in [9.17, 15) is 9.59 Å². The van der Waals surface area contributed by atoms with E-state index in [2.05, 4.69) is 4.99 Å². The average molecular weight is 540 g/mol. The molecule has 1 unspecified atom stereocenters. The smallest absolute Gasteiger partial charge is 0.329 e. The molecule has 0 spiro atoms. The first-order valence-electron chi connectivity index (χ1n) is 6.12. The minimum Gasteiger partial charge on any atom is -0.676 e. The zero-order valence-corrected chi connectivity index (χ0v) is 16.7. The normalized spacial score (nSPS) is 25.6. The summed E-state index contributed by atoms with van der Waals surface area (Å²) in [6.45, 7) is 0.873. The summed E-state index contributed by atoms with van der Waals surface area (Å²) in [5.41, 5.74) is 7.40. The molecule has 2 atom stereocenters. The first-order valence-corrected chi connectivity index (χ1v) is 8.09. The minimum atomic E-state index is -0.882. The van der Waals surface area contributed by atoms with Crippen molar-refractivity contribution in [2.75, 3.05) is 24.6 Å². The number of carbonyl (C=O) groups is 2. The third-order valence-electron chi connectivity index (χ3n) is 3.16. The number of thioether (sulfide) groups is 2. The van der Waals surface area contributed by atoms with E-state index in [1.54, 1.807) is 4.90 Å². The summed E-state index contributed by atoms with van der Waals surface area (Å²) in [6, 6.07) is -0.569. The molecule has 0 aliphatic carbocycles. The molecule has 0 aromatic heterocycles. The summed E-state index contributed by atoms with van der Waals surface area (Å²) in [7, 11) is 0. The standard InChI is InChI=1S/C11H16N3O3S2.U/c12-5-7-1-2-9(15)14(7)3-4-18-11-13-8(6-19-11)10(16)17;/h7-8,12H,1-6H2,(H,16,17);/q-1;/t7-,8?;/m1./s1. The van der Waals surface area contributed by atoms with Crippen molar-refractivity contribution in [3.8, 4) is 0 Å². The molecule has 1 amide bonds. The van der Waals surface area contributed by atoms with Crippen LogP contribution in [-0.2, 0) is 9.59 Å². The molecule has 2 heterocycles. The van der Waals surface area contributed by atoms with E-state index in [4.69, 9.17) is 10.8 Å². The Hall–Kier alpha value is 0.322. The van der Waals surface area contributed by atoms with Crippen LogP contribution in [0.4, 0.5) is 0 Å². The molecule has 2 rings (SSSR count). The Morgan fingerprint density at radius 3 is 2.95 bits per heavy atom. The third-order valence-corrected chi connectivity index (χ3v) is 5.44. The molecule has 0 saturated carbocycles. The number of rotatable bonds is 5. The molecule has 20 heavy (non-hydrogen) atoms. The van der Waals surface area contributed by atoms with Gasteiger partial charge in [0.15, 0.2) is 6.04 Å². The van der Waals surface area contributed by atoms with Crippen LogP contribution in [0.25, 0.3) is 5.73 Å². The number of likely N-dealkylation sites (tertiary alicyclic amines) is 1. The van der Waals surface area contributed by atoms with Gasteiger partial charge in [-0.3, -0.25) is 9.79 Å². The van der Waals surface area contributed by atoms with Gasteiger partial charge in [0.05, 0.1) is 0 Å². The van der Waals surface area contributed by atoms with E-state index in [1.165, 1.54) is 23.5 Å². The predicted octanol–water partition coefficient (Wildman–Crippen LogP) is 1.32. The second kappa shape index (κ2) is 8.69. The Morgan fingerprint density at radius 1 is 1.60 bits per heavy atom. The number of aliphatic imine (C=N–C) groups is 1. The van der Waals surface area contributed by atoms with Crippen LogP contribution in [0.5, 0.6) is 0 Å². The second-order valence-electron chi connectivity index (χ2n) is 4.39. The average Bonchev–Trinajstić information content (AvgIpc) is 2.98. The number of hydrogen-bond acceptors (Lipinski definition) is 5. The molecule has 1 saturated heterocycles. The zero-order chi connectivity index (χ0) is 13.8. The van der Waals surface area contributed by atoms with Gasteiger partial charge in [0, 0.05) is 61.6 Å². The Bertz CT molecular complexity index is 408. The fourth-order valence-electron chi connectivity index (χ4n) is 2.10. The SMILES string of the molecule is [NH-]C[C@H]1CCC(=O)N1CCSC1=NC(C(=O)O)CS1.[U]. The van der Waals surface area contributed by atoms with E-state index in [0.29, 0.717) is 24.5 Å². The molecule has 0 radical (unpaired) electrons. The topological polar surface area (TPSA) is 93.8 Å². The molecule has 2 aliphatic rings. The number of nitrogens with one attached hydrogen (secondary N) is 1. The van der Waals surface area contributed by atoms with Crippen LogP contribution >= 0.6 is 23.5 Å². The van der Waals surface area contributed by atoms with Crippen molar-refractivity contribution < 1.29 is 45.8 Å². The van der Waals surface area contributed by atoms with Crippen molar-refractivity contribution in [2.45, 2.75) is 24.9 Å². The number of nitrogens with zero attached hydrogens (tertiary/aromatic N) is 2. The second-order valence-corrected chi connectivity index (χ2v) is 6.74. The molecule has 0 aromatic carbocycles. The number of hydrogen-bond donors (Lipinski definition) is 1. The van der Waals surface area contributed by atoms with Crippen molar-refractivity contribution in [2.24, 2.45) is 4.99 Å². The summed E-state index contributed by atoms with van der Waals surface area (Å²) in [6.07, 6.45) is 1.33. The Morgan fingerprint density at radius 2 is 2.35 bits per heavy atom. The van der Waals surface area contributed by atoms with E-state index < -0.39 is 12.0 Å². The van der Waals surface area contributed by atoms with Gasteiger partial charge >= 0.3 is 5.97 Å².